The third kappa shape index (κ3) is 4.11. The summed E-state index contributed by atoms with van der Waals surface area (Å²) in [4.78, 5) is 11.6. The monoisotopic (exact) mass is 442 g/mol. The molecule has 0 saturated heterocycles. The minimum absolute atomic E-state index is 0.0310. The molecule has 2 heteroatoms. The normalized spacial score (nSPS) is 42.3. The van der Waals surface area contributed by atoms with Gasteiger partial charge in [0, 0.05) is 6.92 Å². The molecule has 3 fully saturated rings. The van der Waals surface area contributed by atoms with E-state index in [9.17, 15) is 4.79 Å². The summed E-state index contributed by atoms with van der Waals surface area (Å²) >= 11 is 0. The van der Waals surface area contributed by atoms with Gasteiger partial charge >= 0.3 is 5.97 Å². The van der Waals surface area contributed by atoms with Gasteiger partial charge in [-0.3, -0.25) is 4.79 Å². The molecule has 0 aromatic heterocycles. The first kappa shape index (κ1) is 24.3. The Hall–Kier alpha value is -0.790. The lowest BCUT2D eigenvalue weighted by Crippen LogP contribution is -2.51. The van der Waals surface area contributed by atoms with E-state index in [1.807, 2.05) is 0 Å². The number of fused-ring (bicyclic) bond motifs is 5. The van der Waals surface area contributed by atoms with Crippen molar-refractivity contribution in [3.63, 3.8) is 0 Å². The molecular formula is C30H50O2. The van der Waals surface area contributed by atoms with Gasteiger partial charge in [0.25, 0.3) is 0 Å². The van der Waals surface area contributed by atoms with Crippen LogP contribution in [0.15, 0.2) is 11.1 Å². The fraction of sp³-hybridized carbons (Fsp3) is 0.900. The Morgan fingerprint density at radius 1 is 1.00 bits per heavy atom. The predicted octanol–water partition coefficient (Wildman–Crippen LogP) is 8.35. The van der Waals surface area contributed by atoms with Crippen molar-refractivity contribution in [3.8, 4) is 0 Å². The highest BCUT2D eigenvalue weighted by Crippen LogP contribution is 2.68. The molecule has 0 bridgehead atoms. The van der Waals surface area contributed by atoms with Gasteiger partial charge in [-0.25, -0.2) is 0 Å². The van der Waals surface area contributed by atoms with E-state index in [4.69, 9.17) is 4.74 Å². The number of esters is 1. The molecule has 2 nitrogen and oxygen atoms in total. The molecule has 0 heterocycles. The molecule has 0 aliphatic heterocycles. The van der Waals surface area contributed by atoms with Crippen molar-refractivity contribution < 1.29 is 9.53 Å². The zero-order valence-electron chi connectivity index (χ0n) is 22.1. The molecule has 32 heavy (non-hydrogen) atoms. The van der Waals surface area contributed by atoms with Crippen LogP contribution < -0.4 is 0 Å². The predicted molar refractivity (Wildman–Crippen MR) is 133 cm³/mol. The molecule has 0 N–H and O–H groups in total. The number of ether oxygens (including phenoxy) is 1. The van der Waals surface area contributed by atoms with Gasteiger partial charge in [-0.05, 0) is 110 Å². The highest BCUT2D eigenvalue weighted by atomic mass is 16.5. The van der Waals surface area contributed by atoms with E-state index in [-0.39, 0.29) is 12.1 Å². The Labute approximate surface area is 198 Å². The number of carbonyl (C=O) groups is 1. The number of allylic oxidation sites excluding steroid dienone is 1. The molecule has 0 aromatic rings. The number of hydrogen-bond acceptors (Lipinski definition) is 2. The van der Waals surface area contributed by atoms with Gasteiger partial charge < -0.3 is 4.74 Å². The van der Waals surface area contributed by atoms with Crippen molar-refractivity contribution in [1.29, 1.82) is 0 Å². The van der Waals surface area contributed by atoms with Crippen LogP contribution in [0.2, 0.25) is 0 Å². The van der Waals surface area contributed by atoms with Crippen molar-refractivity contribution in [1.82, 2.24) is 0 Å². The first-order valence-corrected chi connectivity index (χ1v) is 13.9. The molecule has 4 rings (SSSR count). The maximum Gasteiger partial charge on any atom is 0.303 e. The molecule has 4 aliphatic carbocycles. The summed E-state index contributed by atoms with van der Waals surface area (Å²) in [5, 5.41) is 0. The minimum Gasteiger partial charge on any atom is -0.458 e. The Kier molecular flexibility index (Phi) is 6.92. The Morgan fingerprint density at radius 2 is 1.75 bits per heavy atom. The van der Waals surface area contributed by atoms with Crippen LogP contribution in [0.5, 0.6) is 0 Å². The average molecular weight is 443 g/mol. The summed E-state index contributed by atoms with van der Waals surface area (Å²) in [5.74, 6) is 5.22. The number of rotatable bonds is 6. The second-order valence-corrected chi connectivity index (χ2v) is 13.2. The van der Waals surface area contributed by atoms with Gasteiger partial charge in [0.15, 0.2) is 0 Å². The summed E-state index contributed by atoms with van der Waals surface area (Å²) in [7, 11) is 0. The van der Waals surface area contributed by atoms with Gasteiger partial charge in [-0.15, -0.1) is 0 Å². The molecule has 0 unspecified atom stereocenters. The molecule has 0 spiro atoms. The van der Waals surface area contributed by atoms with Crippen LogP contribution in [0.25, 0.3) is 0 Å². The maximum atomic E-state index is 11.6. The van der Waals surface area contributed by atoms with Gasteiger partial charge in [0.2, 0.25) is 0 Å². The molecule has 4 aliphatic rings. The number of carbonyl (C=O) groups excluding carboxylic acids is 1. The molecule has 0 aromatic carbocycles. The maximum absolute atomic E-state index is 11.6. The lowest BCUT2D eigenvalue weighted by molar-refractivity contribution is -0.146. The quantitative estimate of drug-likeness (QED) is 0.305. The lowest BCUT2D eigenvalue weighted by atomic mass is 9.46. The number of hydrogen-bond donors (Lipinski definition) is 0. The SMILES string of the molecule is CC(=O)O[C@@H]1CC[C@@]2(C)C(=C1C)CC[C@H]1[C@@H]3CC[C@H]([C@@H](C)CCCC(C)C)[C@@]3(C)CC[C@@H]12. The topological polar surface area (TPSA) is 26.3 Å². The second-order valence-electron chi connectivity index (χ2n) is 13.2. The molecule has 182 valence electrons. The lowest BCUT2D eigenvalue weighted by Gasteiger charge is -2.59. The highest BCUT2D eigenvalue weighted by molar-refractivity contribution is 5.66. The summed E-state index contributed by atoms with van der Waals surface area (Å²) in [6.45, 7) is 16.4. The molecular weight excluding hydrogens is 392 g/mol. The molecule has 8 atom stereocenters. The smallest absolute Gasteiger partial charge is 0.303 e. The first-order chi connectivity index (χ1) is 15.1. The van der Waals surface area contributed by atoms with Crippen LogP contribution in [0.3, 0.4) is 0 Å². The van der Waals surface area contributed by atoms with Crippen molar-refractivity contribution in [2.45, 2.75) is 125 Å². The molecule has 0 radical (unpaired) electrons. The van der Waals surface area contributed by atoms with E-state index in [1.54, 1.807) is 12.5 Å². The average Bonchev–Trinajstić information content (AvgIpc) is 3.07. The van der Waals surface area contributed by atoms with Crippen LogP contribution in [0.1, 0.15) is 119 Å². The summed E-state index contributed by atoms with van der Waals surface area (Å²) in [6, 6.07) is 0. The molecule has 0 amide bonds. The fourth-order valence-electron chi connectivity index (χ4n) is 9.50. The van der Waals surface area contributed by atoms with E-state index in [0.29, 0.717) is 10.8 Å². The highest BCUT2D eigenvalue weighted by Gasteiger charge is 2.59. The zero-order chi connectivity index (χ0) is 23.3. The van der Waals surface area contributed by atoms with E-state index in [1.165, 1.54) is 69.8 Å². The van der Waals surface area contributed by atoms with Crippen LogP contribution in [0, 0.1) is 46.3 Å². The standard InChI is InChI=1S/C30H50O2/c1-19(2)9-8-10-20(3)24-13-14-26-23-11-12-25-21(4)28(32-22(5)31)16-18-30(25,7)27(23)15-17-29(24,26)6/h19-20,23-24,26-28H,8-18H2,1-7H3/t20-,23-,24+,26-,27-,28+,29+,30-/m0/s1. The van der Waals surface area contributed by atoms with E-state index in [0.717, 1.165) is 41.9 Å². The van der Waals surface area contributed by atoms with Crippen LogP contribution >= 0.6 is 0 Å². The largest absolute Gasteiger partial charge is 0.458 e. The second kappa shape index (κ2) is 9.10. The third-order valence-corrected chi connectivity index (χ3v) is 11.1. The van der Waals surface area contributed by atoms with Crippen molar-refractivity contribution in [2.24, 2.45) is 46.3 Å². The Morgan fingerprint density at radius 3 is 2.44 bits per heavy atom. The van der Waals surface area contributed by atoms with Crippen molar-refractivity contribution in [3.05, 3.63) is 11.1 Å². The van der Waals surface area contributed by atoms with E-state index < -0.39 is 0 Å². The summed E-state index contributed by atoms with van der Waals surface area (Å²) in [6.07, 6.45) is 14.9. The van der Waals surface area contributed by atoms with Crippen LogP contribution in [0.4, 0.5) is 0 Å². The fourth-order valence-corrected chi connectivity index (χ4v) is 9.50. The van der Waals surface area contributed by atoms with E-state index in [2.05, 4.69) is 41.5 Å². The van der Waals surface area contributed by atoms with Crippen LogP contribution in [-0.4, -0.2) is 12.1 Å². The van der Waals surface area contributed by atoms with Crippen molar-refractivity contribution >= 4 is 5.97 Å². The van der Waals surface area contributed by atoms with E-state index >= 15 is 0 Å². The van der Waals surface area contributed by atoms with Gasteiger partial charge in [-0.2, -0.15) is 0 Å². The van der Waals surface area contributed by atoms with Crippen LogP contribution in [-0.2, 0) is 9.53 Å². The third-order valence-electron chi connectivity index (χ3n) is 11.1. The molecule has 3 saturated carbocycles. The van der Waals surface area contributed by atoms with Gasteiger partial charge in [0.1, 0.15) is 6.10 Å². The summed E-state index contributed by atoms with van der Waals surface area (Å²) < 4.78 is 5.71. The van der Waals surface area contributed by atoms with Gasteiger partial charge in [0.05, 0.1) is 0 Å². The minimum atomic E-state index is -0.125. The Balaban J connectivity index is 1.50. The zero-order valence-corrected chi connectivity index (χ0v) is 22.1. The first-order valence-electron chi connectivity index (χ1n) is 13.9. The summed E-state index contributed by atoms with van der Waals surface area (Å²) in [5.41, 5.74) is 3.96. The van der Waals surface area contributed by atoms with Gasteiger partial charge in [-0.1, -0.05) is 59.5 Å². The van der Waals surface area contributed by atoms with Crippen molar-refractivity contribution in [2.75, 3.05) is 0 Å². The Bertz CT molecular complexity index is 735.